The Morgan fingerprint density at radius 2 is 2.24 bits per heavy atom. The van der Waals surface area contributed by atoms with Crippen molar-refractivity contribution in [1.82, 2.24) is 20.3 Å². The van der Waals surface area contributed by atoms with E-state index in [1.54, 1.807) is 35.3 Å². The van der Waals surface area contributed by atoms with Crippen molar-refractivity contribution in [3.63, 3.8) is 0 Å². The van der Waals surface area contributed by atoms with Crippen LogP contribution in [0.1, 0.15) is 22.3 Å². The van der Waals surface area contributed by atoms with Crippen molar-refractivity contribution >= 4 is 5.91 Å². The monoisotopic (exact) mass is 284 g/mol. The van der Waals surface area contributed by atoms with Gasteiger partial charge in [-0.3, -0.25) is 9.48 Å². The second kappa shape index (κ2) is 7.82. The molecule has 0 aliphatic heterocycles. The molecule has 0 saturated carbocycles. The third-order valence-electron chi connectivity index (χ3n) is 2.73. The van der Waals surface area contributed by atoms with E-state index >= 15 is 0 Å². The Kier molecular flexibility index (Phi) is 5.50. The molecule has 0 unspecified atom stereocenters. The van der Waals surface area contributed by atoms with Gasteiger partial charge in [0, 0.05) is 24.7 Å². The minimum Gasteiger partial charge on any atom is -0.395 e. The molecule has 2 aromatic rings. The average Bonchev–Trinajstić information content (AvgIpc) is 3.01. The van der Waals surface area contributed by atoms with Gasteiger partial charge < -0.3 is 10.4 Å². The third-order valence-corrected chi connectivity index (χ3v) is 2.73. The minimum absolute atomic E-state index is 0.0132. The van der Waals surface area contributed by atoms with Crippen LogP contribution in [0.15, 0.2) is 36.7 Å². The van der Waals surface area contributed by atoms with Gasteiger partial charge in [0.25, 0.3) is 5.91 Å². The van der Waals surface area contributed by atoms with Crippen LogP contribution in [0.3, 0.4) is 0 Å². The molecule has 1 heterocycles. The molecule has 21 heavy (non-hydrogen) atoms. The van der Waals surface area contributed by atoms with E-state index in [-0.39, 0.29) is 12.5 Å². The highest BCUT2D eigenvalue weighted by Gasteiger charge is 2.08. The zero-order valence-electron chi connectivity index (χ0n) is 11.5. The number of aliphatic hydroxyl groups excluding tert-OH is 1. The number of aliphatic hydroxyl groups is 1. The van der Waals surface area contributed by atoms with Gasteiger partial charge in [-0.25, -0.2) is 0 Å². The fourth-order valence-electron chi connectivity index (χ4n) is 1.73. The highest BCUT2D eigenvalue weighted by Crippen LogP contribution is 2.07. The summed E-state index contributed by atoms with van der Waals surface area (Å²) >= 11 is 0. The first kappa shape index (κ1) is 14.8. The van der Waals surface area contributed by atoms with Crippen LogP contribution in [0.2, 0.25) is 0 Å². The fraction of sp³-hybridized carbons (Fsp3) is 0.267. The van der Waals surface area contributed by atoms with E-state index in [0.29, 0.717) is 30.6 Å². The van der Waals surface area contributed by atoms with Gasteiger partial charge in [0.05, 0.1) is 24.9 Å². The Balaban J connectivity index is 1.97. The number of benzene rings is 1. The van der Waals surface area contributed by atoms with Crippen LogP contribution in [0.5, 0.6) is 0 Å². The van der Waals surface area contributed by atoms with Crippen molar-refractivity contribution in [3.8, 4) is 11.8 Å². The molecule has 6 nitrogen and oxygen atoms in total. The fourth-order valence-corrected chi connectivity index (χ4v) is 1.73. The lowest BCUT2D eigenvalue weighted by molar-refractivity contribution is 0.0951. The molecule has 2 N–H and O–H groups in total. The summed E-state index contributed by atoms with van der Waals surface area (Å²) in [7, 11) is 0. The molecule has 0 aliphatic rings. The van der Waals surface area contributed by atoms with Crippen LogP contribution in [-0.4, -0.2) is 39.2 Å². The van der Waals surface area contributed by atoms with Crippen molar-refractivity contribution in [1.29, 1.82) is 0 Å². The number of hydrogen-bond acceptors (Lipinski definition) is 4. The number of carbonyl (C=O) groups is 1. The summed E-state index contributed by atoms with van der Waals surface area (Å²) in [5.41, 5.74) is 1.19. The normalized spacial score (nSPS) is 9.76. The summed E-state index contributed by atoms with van der Waals surface area (Å²) in [6.07, 6.45) is 3.72. The molecule has 0 spiro atoms. The second-order valence-corrected chi connectivity index (χ2v) is 4.24. The highest BCUT2D eigenvalue weighted by atomic mass is 16.2. The van der Waals surface area contributed by atoms with Gasteiger partial charge in [-0.15, -0.1) is 5.10 Å². The predicted molar refractivity (Wildman–Crippen MR) is 77.4 cm³/mol. The molecule has 1 amide bonds. The van der Waals surface area contributed by atoms with Gasteiger partial charge in [0.15, 0.2) is 0 Å². The number of nitrogens with zero attached hydrogens (tertiary/aromatic N) is 3. The van der Waals surface area contributed by atoms with Crippen LogP contribution in [-0.2, 0) is 6.54 Å². The standard InChI is InChI=1S/C15H16N4O2/c20-12-4-3-6-13-5-1-2-7-14(13)15(21)16-8-10-19-11-9-17-18-19/h1-2,5,7,9,11,20H,4,8,10,12H2,(H,16,21). The number of carbonyl (C=O) groups excluding carboxylic acids is 1. The Morgan fingerprint density at radius 3 is 3.00 bits per heavy atom. The molecular formula is C15H16N4O2. The van der Waals surface area contributed by atoms with E-state index in [1.807, 2.05) is 6.07 Å². The highest BCUT2D eigenvalue weighted by molar-refractivity contribution is 5.96. The Labute approximate surface area is 122 Å². The summed E-state index contributed by atoms with van der Waals surface area (Å²) in [6.45, 7) is 1.03. The number of rotatable bonds is 5. The van der Waals surface area contributed by atoms with E-state index in [9.17, 15) is 4.79 Å². The molecule has 0 fully saturated rings. The molecule has 108 valence electrons. The van der Waals surface area contributed by atoms with Crippen LogP contribution in [0.4, 0.5) is 0 Å². The first-order valence-corrected chi connectivity index (χ1v) is 6.62. The smallest absolute Gasteiger partial charge is 0.252 e. The molecule has 1 aromatic heterocycles. The average molecular weight is 284 g/mol. The van der Waals surface area contributed by atoms with Gasteiger partial charge in [-0.2, -0.15) is 0 Å². The third kappa shape index (κ3) is 4.44. The molecule has 1 aromatic carbocycles. The summed E-state index contributed by atoms with van der Waals surface area (Å²) in [5.74, 6) is 5.55. The van der Waals surface area contributed by atoms with Crippen molar-refractivity contribution in [2.75, 3.05) is 13.2 Å². The lowest BCUT2D eigenvalue weighted by Crippen LogP contribution is -2.28. The van der Waals surface area contributed by atoms with Crippen LogP contribution < -0.4 is 5.32 Å². The molecule has 6 heteroatoms. The quantitative estimate of drug-likeness (QED) is 0.781. The van der Waals surface area contributed by atoms with Crippen LogP contribution in [0, 0.1) is 11.8 Å². The van der Waals surface area contributed by atoms with E-state index < -0.39 is 0 Å². The molecule has 0 bridgehead atoms. The maximum Gasteiger partial charge on any atom is 0.252 e. The van der Waals surface area contributed by atoms with Crippen LogP contribution in [0.25, 0.3) is 0 Å². The first-order chi connectivity index (χ1) is 10.3. The molecule has 0 atom stereocenters. The number of nitrogens with one attached hydrogen (secondary N) is 1. The van der Waals surface area contributed by atoms with Gasteiger partial charge in [-0.1, -0.05) is 29.2 Å². The number of amides is 1. The summed E-state index contributed by atoms with van der Waals surface area (Å²) in [6, 6.07) is 7.14. The maximum absolute atomic E-state index is 12.2. The van der Waals surface area contributed by atoms with Crippen molar-refractivity contribution in [2.24, 2.45) is 0 Å². The van der Waals surface area contributed by atoms with Crippen LogP contribution >= 0.6 is 0 Å². The second-order valence-electron chi connectivity index (χ2n) is 4.24. The van der Waals surface area contributed by atoms with E-state index in [1.165, 1.54) is 0 Å². The lowest BCUT2D eigenvalue weighted by atomic mass is 10.1. The lowest BCUT2D eigenvalue weighted by Gasteiger charge is -2.06. The summed E-state index contributed by atoms with van der Waals surface area (Å²) in [5, 5.41) is 19.1. The van der Waals surface area contributed by atoms with E-state index in [0.717, 1.165) is 0 Å². The Hall–Kier alpha value is -2.65. The first-order valence-electron chi connectivity index (χ1n) is 6.62. The SMILES string of the molecule is O=C(NCCn1ccnn1)c1ccccc1C#CCCO. The molecule has 2 rings (SSSR count). The van der Waals surface area contributed by atoms with Crippen molar-refractivity contribution in [2.45, 2.75) is 13.0 Å². The topological polar surface area (TPSA) is 80.0 Å². The molecule has 0 radical (unpaired) electrons. The van der Waals surface area contributed by atoms with E-state index in [4.69, 9.17) is 5.11 Å². The predicted octanol–water partition coefficient (Wildman–Crippen LogP) is 0.442. The molecule has 0 saturated heterocycles. The zero-order chi connectivity index (χ0) is 14.9. The van der Waals surface area contributed by atoms with Crippen molar-refractivity contribution < 1.29 is 9.90 Å². The summed E-state index contributed by atoms with van der Waals surface area (Å²) < 4.78 is 1.65. The van der Waals surface area contributed by atoms with Crippen molar-refractivity contribution in [3.05, 3.63) is 47.8 Å². The minimum atomic E-state index is -0.177. The Bertz CT molecular complexity index is 641. The largest absolute Gasteiger partial charge is 0.395 e. The van der Waals surface area contributed by atoms with Gasteiger partial charge in [0.2, 0.25) is 0 Å². The molecule has 0 aliphatic carbocycles. The maximum atomic E-state index is 12.2. The number of aromatic nitrogens is 3. The van der Waals surface area contributed by atoms with E-state index in [2.05, 4.69) is 27.5 Å². The molecular weight excluding hydrogens is 268 g/mol. The Morgan fingerprint density at radius 1 is 1.38 bits per heavy atom. The van der Waals surface area contributed by atoms with Gasteiger partial charge in [0.1, 0.15) is 0 Å². The number of hydrogen-bond donors (Lipinski definition) is 2. The zero-order valence-corrected chi connectivity index (χ0v) is 11.5. The van der Waals surface area contributed by atoms with Gasteiger partial charge in [-0.05, 0) is 12.1 Å². The summed E-state index contributed by atoms with van der Waals surface area (Å²) in [4.78, 5) is 12.2. The van der Waals surface area contributed by atoms with Gasteiger partial charge >= 0.3 is 0 Å².